The second kappa shape index (κ2) is 6.69. The predicted molar refractivity (Wildman–Crippen MR) is 84.1 cm³/mol. The highest BCUT2D eigenvalue weighted by atomic mass is 19.1. The predicted octanol–water partition coefficient (Wildman–Crippen LogP) is 2.71. The van der Waals surface area contributed by atoms with Crippen molar-refractivity contribution in [2.24, 2.45) is 0 Å². The Morgan fingerprint density at radius 2 is 2.17 bits per heavy atom. The zero-order valence-electron chi connectivity index (χ0n) is 12.8. The molecule has 0 saturated heterocycles. The van der Waals surface area contributed by atoms with Crippen molar-refractivity contribution in [3.8, 4) is 11.5 Å². The molecule has 0 spiro atoms. The van der Waals surface area contributed by atoms with E-state index in [1.807, 2.05) is 24.3 Å². The minimum Gasteiger partial charge on any atom is -0.488 e. The average molecular weight is 315 g/mol. The molecule has 4 nitrogen and oxygen atoms in total. The number of benzene rings is 2. The van der Waals surface area contributed by atoms with Crippen molar-refractivity contribution < 1.29 is 18.7 Å². The number of ether oxygens (including phenoxy) is 2. The van der Waals surface area contributed by atoms with Crippen LogP contribution in [0, 0.1) is 5.82 Å². The molecular formula is C18H18FNO3. The monoisotopic (exact) mass is 315 g/mol. The zero-order valence-corrected chi connectivity index (χ0v) is 12.8. The maximum atomic E-state index is 13.1. The van der Waals surface area contributed by atoms with Crippen molar-refractivity contribution in [3.63, 3.8) is 0 Å². The van der Waals surface area contributed by atoms with Crippen LogP contribution in [0.5, 0.6) is 11.5 Å². The van der Waals surface area contributed by atoms with Crippen LogP contribution in [0.25, 0.3) is 0 Å². The van der Waals surface area contributed by atoms with Gasteiger partial charge < -0.3 is 14.8 Å². The Labute approximate surface area is 134 Å². The van der Waals surface area contributed by atoms with Crippen molar-refractivity contribution in [3.05, 3.63) is 59.9 Å². The van der Waals surface area contributed by atoms with Crippen LogP contribution in [0.2, 0.25) is 0 Å². The summed E-state index contributed by atoms with van der Waals surface area (Å²) < 4.78 is 24.3. The van der Waals surface area contributed by atoms with E-state index in [2.05, 4.69) is 5.32 Å². The fraction of sp³-hybridized carbons (Fsp3) is 0.278. The topological polar surface area (TPSA) is 47.6 Å². The molecule has 0 fully saturated rings. The highest BCUT2D eigenvalue weighted by Gasteiger charge is 2.24. The largest absolute Gasteiger partial charge is 0.488 e. The van der Waals surface area contributed by atoms with E-state index in [0.29, 0.717) is 12.3 Å². The van der Waals surface area contributed by atoms with Gasteiger partial charge in [-0.3, -0.25) is 4.79 Å². The Hall–Kier alpha value is -2.56. The molecule has 0 bridgehead atoms. The first kappa shape index (κ1) is 15.3. The standard InChI is InChI=1S/C18H18FNO3/c1-12(22-15-7-4-6-14(19)10-15)18(21)20-11-16-9-13-5-2-3-8-17(13)23-16/h2-8,10,12,16H,9,11H2,1H3,(H,20,21). The fourth-order valence-electron chi connectivity index (χ4n) is 2.52. The van der Waals surface area contributed by atoms with Gasteiger partial charge in [-0.1, -0.05) is 24.3 Å². The van der Waals surface area contributed by atoms with E-state index in [9.17, 15) is 9.18 Å². The van der Waals surface area contributed by atoms with E-state index >= 15 is 0 Å². The Morgan fingerprint density at radius 3 is 2.96 bits per heavy atom. The van der Waals surface area contributed by atoms with E-state index in [4.69, 9.17) is 9.47 Å². The highest BCUT2D eigenvalue weighted by molar-refractivity contribution is 5.80. The molecule has 0 radical (unpaired) electrons. The lowest BCUT2D eigenvalue weighted by Gasteiger charge is -2.17. The van der Waals surface area contributed by atoms with Crippen LogP contribution in [0.1, 0.15) is 12.5 Å². The van der Waals surface area contributed by atoms with Gasteiger partial charge in [0.2, 0.25) is 0 Å². The molecule has 120 valence electrons. The lowest BCUT2D eigenvalue weighted by Crippen LogP contribution is -2.41. The van der Waals surface area contributed by atoms with Gasteiger partial charge in [-0.05, 0) is 30.7 Å². The highest BCUT2D eigenvalue weighted by Crippen LogP contribution is 2.27. The third-order valence-electron chi connectivity index (χ3n) is 3.70. The molecule has 5 heteroatoms. The van der Waals surface area contributed by atoms with Gasteiger partial charge >= 0.3 is 0 Å². The molecule has 1 amide bonds. The van der Waals surface area contributed by atoms with Gasteiger partial charge in [-0.25, -0.2) is 4.39 Å². The summed E-state index contributed by atoms with van der Waals surface area (Å²) in [7, 11) is 0. The summed E-state index contributed by atoms with van der Waals surface area (Å²) in [4.78, 5) is 12.1. The van der Waals surface area contributed by atoms with Crippen molar-refractivity contribution >= 4 is 5.91 Å². The van der Waals surface area contributed by atoms with Crippen molar-refractivity contribution in [2.75, 3.05) is 6.54 Å². The first-order chi connectivity index (χ1) is 11.1. The van der Waals surface area contributed by atoms with Gasteiger partial charge in [0.25, 0.3) is 5.91 Å². The zero-order chi connectivity index (χ0) is 16.2. The number of nitrogens with one attached hydrogen (secondary N) is 1. The summed E-state index contributed by atoms with van der Waals surface area (Å²) in [5, 5.41) is 2.81. The Kier molecular flexibility index (Phi) is 4.46. The summed E-state index contributed by atoms with van der Waals surface area (Å²) in [6, 6.07) is 13.6. The van der Waals surface area contributed by atoms with E-state index in [1.165, 1.54) is 12.1 Å². The Bertz CT molecular complexity index is 679. The van der Waals surface area contributed by atoms with Crippen LogP contribution in [0.15, 0.2) is 48.5 Å². The third kappa shape index (κ3) is 3.80. The van der Waals surface area contributed by atoms with Crippen molar-refractivity contribution in [1.29, 1.82) is 0 Å². The lowest BCUT2D eigenvalue weighted by atomic mass is 10.1. The van der Waals surface area contributed by atoms with E-state index in [-0.39, 0.29) is 12.0 Å². The number of amides is 1. The molecule has 0 saturated carbocycles. The SMILES string of the molecule is CC(Oc1cccc(F)c1)C(=O)NCC1Cc2ccccc2O1. The Balaban J connectivity index is 1.48. The third-order valence-corrected chi connectivity index (χ3v) is 3.70. The summed E-state index contributed by atoms with van der Waals surface area (Å²) in [5.74, 6) is 0.550. The maximum absolute atomic E-state index is 13.1. The number of halogens is 1. The van der Waals surface area contributed by atoms with Crippen LogP contribution < -0.4 is 14.8 Å². The second-order valence-corrected chi connectivity index (χ2v) is 5.51. The molecule has 2 unspecified atom stereocenters. The summed E-state index contributed by atoms with van der Waals surface area (Å²) in [5.41, 5.74) is 1.15. The molecule has 1 aliphatic rings. The number of carbonyl (C=O) groups is 1. The minimum absolute atomic E-state index is 0.0716. The first-order valence-corrected chi connectivity index (χ1v) is 7.56. The number of para-hydroxylation sites is 1. The molecule has 1 heterocycles. The van der Waals surface area contributed by atoms with Gasteiger partial charge in [0.15, 0.2) is 6.10 Å². The fourth-order valence-corrected chi connectivity index (χ4v) is 2.52. The van der Waals surface area contributed by atoms with Gasteiger partial charge in [-0.2, -0.15) is 0 Å². The second-order valence-electron chi connectivity index (χ2n) is 5.51. The number of hydrogen-bond acceptors (Lipinski definition) is 3. The van der Waals surface area contributed by atoms with Crippen molar-refractivity contribution in [2.45, 2.75) is 25.6 Å². The normalized spacial score (nSPS) is 17.0. The van der Waals surface area contributed by atoms with E-state index < -0.39 is 11.9 Å². The van der Waals surface area contributed by atoms with E-state index in [0.717, 1.165) is 17.7 Å². The smallest absolute Gasteiger partial charge is 0.260 e. The van der Waals surface area contributed by atoms with Crippen LogP contribution in [0.4, 0.5) is 4.39 Å². The average Bonchev–Trinajstić information content (AvgIpc) is 2.95. The van der Waals surface area contributed by atoms with Crippen LogP contribution in [-0.4, -0.2) is 24.7 Å². The summed E-state index contributed by atoms with van der Waals surface area (Å²) in [6.07, 6.45) is -0.00595. The molecule has 3 rings (SSSR count). The first-order valence-electron chi connectivity index (χ1n) is 7.56. The van der Waals surface area contributed by atoms with Gasteiger partial charge in [0, 0.05) is 12.5 Å². The summed E-state index contributed by atoms with van der Waals surface area (Å²) >= 11 is 0. The number of carbonyl (C=O) groups excluding carboxylic acids is 1. The minimum atomic E-state index is -0.708. The van der Waals surface area contributed by atoms with Crippen LogP contribution in [0.3, 0.4) is 0 Å². The number of fused-ring (bicyclic) bond motifs is 1. The maximum Gasteiger partial charge on any atom is 0.260 e. The van der Waals surface area contributed by atoms with Gasteiger partial charge in [-0.15, -0.1) is 0 Å². The van der Waals surface area contributed by atoms with Crippen LogP contribution in [-0.2, 0) is 11.2 Å². The molecular weight excluding hydrogens is 297 g/mol. The number of hydrogen-bond donors (Lipinski definition) is 1. The van der Waals surface area contributed by atoms with Gasteiger partial charge in [0.05, 0.1) is 6.54 Å². The molecule has 2 aromatic carbocycles. The lowest BCUT2D eigenvalue weighted by molar-refractivity contribution is -0.127. The molecule has 23 heavy (non-hydrogen) atoms. The molecule has 2 atom stereocenters. The van der Waals surface area contributed by atoms with Gasteiger partial charge in [0.1, 0.15) is 23.4 Å². The summed E-state index contributed by atoms with van der Waals surface area (Å²) in [6.45, 7) is 2.04. The molecule has 2 aromatic rings. The molecule has 1 aliphatic heterocycles. The quantitative estimate of drug-likeness (QED) is 0.923. The Morgan fingerprint density at radius 1 is 1.35 bits per heavy atom. The molecule has 1 N–H and O–H groups in total. The molecule has 0 aromatic heterocycles. The number of rotatable bonds is 5. The van der Waals surface area contributed by atoms with E-state index in [1.54, 1.807) is 19.1 Å². The van der Waals surface area contributed by atoms with Crippen molar-refractivity contribution in [1.82, 2.24) is 5.32 Å². The van der Waals surface area contributed by atoms with Crippen LogP contribution >= 0.6 is 0 Å². The molecule has 0 aliphatic carbocycles.